The highest BCUT2D eigenvalue weighted by Crippen LogP contribution is 2.27. The third-order valence-corrected chi connectivity index (χ3v) is 5.25. The van der Waals surface area contributed by atoms with E-state index in [-0.39, 0.29) is 12.0 Å². The van der Waals surface area contributed by atoms with Crippen molar-refractivity contribution in [2.24, 2.45) is 7.05 Å². The fraction of sp³-hybridized carbons (Fsp3) is 0.368. The van der Waals surface area contributed by atoms with Gasteiger partial charge in [-0.15, -0.1) is 10.2 Å². The van der Waals surface area contributed by atoms with E-state index in [1.807, 2.05) is 43.7 Å². The van der Waals surface area contributed by atoms with Crippen molar-refractivity contribution in [1.82, 2.24) is 24.9 Å². The third-order valence-electron chi connectivity index (χ3n) is 5.25. The minimum absolute atomic E-state index is 0.0698. The molecule has 2 aromatic heterocycles. The smallest absolute Gasteiger partial charge is 0.239 e. The lowest BCUT2D eigenvalue weighted by atomic mass is 10.1. The molecule has 3 aromatic rings. The van der Waals surface area contributed by atoms with Crippen LogP contribution in [0.4, 0.5) is 5.82 Å². The Hall–Kier alpha value is -2.84. The summed E-state index contributed by atoms with van der Waals surface area (Å²) in [5.74, 6) is 0.399. The molecule has 2 aliphatic heterocycles. The Balaban J connectivity index is 1.33. The minimum atomic E-state index is -0.0698. The van der Waals surface area contributed by atoms with Gasteiger partial charge in [-0.1, -0.05) is 6.07 Å². The maximum atomic E-state index is 12.4. The van der Waals surface area contributed by atoms with E-state index in [1.165, 1.54) is 0 Å². The van der Waals surface area contributed by atoms with E-state index < -0.39 is 0 Å². The molecule has 0 aliphatic carbocycles. The molecule has 0 spiro atoms. The molecule has 2 saturated heterocycles. The SMILES string of the molecule is Cn1cc(-c2ccc3nnc(NC(=O)CN4C[C@H]5C[C@@H]4CO5)cc3c2)cn1. The molecule has 0 radical (unpaired) electrons. The topological polar surface area (TPSA) is 85.2 Å². The van der Waals surface area contributed by atoms with Gasteiger partial charge in [-0.2, -0.15) is 5.10 Å². The van der Waals surface area contributed by atoms with E-state index >= 15 is 0 Å². The molecule has 8 nitrogen and oxygen atoms in total. The molecule has 8 heteroatoms. The Labute approximate surface area is 156 Å². The van der Waals surface area contributed by atoms with E-state index in [4.69, 9.17) is 4.74 Å². The van der Waals surface area contributed by atoms with Crippen LogP contribution in [0.2, 0.25) is 0 Å². The summed E-state index contributed by atoms with van der Waals surface area (Å²) in [6, 6.07) is 8.19. The van der Waals surface area contributed by atoms with E-state index in [0.29, 0.717) is 18.4 Å². The normalized spacial score (nSPS) is 21.8. The van der Waals surface area contributed by atoms with Crippen molar-refractivity contribution in [2.45, 2.75) is 18.6 Å². The summed E-state index contributed by atoms with van der Waals surface area (Å²) in [5.41, 5.74) is 2.87. The minimum Gasteiger partial charge on any atom is -0.375 e. The van der Waals surface area contributed by atoms with E-state index in [2.05, 4.69) is 25.5 Å². The van der Waals surface area contributed by atoms with Gasteiger partial charge in [0.2, 0.25) is 5.91 Å². The van der Waals surface area contributed by atoms with Crippen molar-refractivity contribution in [3.8, 4) is 11.1 Å². The van der Waals surface area contributed by atoms with Crippen LogP contribution in [0.15, 0.2) is 36.7 Å². The molecule has 5 rings (SSSR count). The number of ether oxygens (including phenoxy) is 1. The van der Waals surface area contributed by atoms with Crippen molar-refractivity contribution >= 4 is 22.6 Å². The van der Waals surface area contributed by atoms with Crippen LogP contribution in [0.3, 0.4) is 0 Å². The van der Waals surface area contributed by atoms with Crippen molar-refractivity contribution in [3.63, 3.8) is 0 Å². The number of rotatable bonds is 4. The van der Waals surface area contributed by atoms with Gasteiger partial charge in [0.15, 0.2) is 5.82 Å². The number of nitrogens with one attached hydrogen (secondary N) is 1. The number of nitrogens with zero attached hydrogens (tertiary/aromatic N) is 5. The van der Waals surface area contributed by atoms with Gasteiger partial charge in [0.1, 0.15) is 0 Å². The average Bonchev–Trinajstić information content (AvgIpc) is 3.38. The monoisotopic (exact) mass is 364 g/mol. The highest BCUT2D eigenvalue weighted by molar-refractivity contribution is 5.93. The van der Waals surface area contributed by atoms with E-state index in [9.17, 15) is 4.79 Å². The van der Waals surface area contributed by atoms with Gasteiger partial charge < -0.3 is 10.1 Å². The van der Waals surface area contributed by atoms with Gasteiger partial charge in [-0.05, 0) is 30.2 Å². The van der Waals surface area contributed by atoms with Crippen LogP contribution in [0.5, 0.6) is 0 Å². The summed E-state index contributed by atoms with van der Waals surface area (Å²) in [7, 11) is 1.89. The Bertz CT molecular complexity index is 1020. The molecule has 0 unspecified atom stereocenters. The summed E-state index contributed by atoms with van der Waals surface area (Å²) in [4.78, 5) is 14.6. The van der Waals surface area contributed by atoms with Gasteiger partial charge >= 0.3 is 0 Å². The molecule has 0 saturated carbocycles. The van der Waals surface area contributed by atoms with Crippen molar-refractivity contribution < 1.29 is 9.53 Å². The summed E-state index contributed by atoms with van der Waals surface area (Å²) in [6.07, 6.45) is 5.10. The largest absolute Gasteiger partial charge is 0.375 e. The molecule has 1 amide bonds. The second-order valence-corrected chi connectivity index (χ2v) is 7.23. The van der Waals surface area contributed by atoms with Gasteiger partial charge in [-0.25, -0.2) is 0 Å². The van der Waals surface area contributed by atoms with Gasteiger partial charge in [-0.3, -0.25) is 14.4 Å². The summed E-state index contributed by atoms with van der Waals surface area (Å²) in [5, 5.41) is 16.4. The molecule has 2 aliphatic rings. The first-order chi connectivity index (χ1) is 13.1. The van der Waals surface area contributed by atoms with Crippen LogP contribution >= 0.6 is 0 Å². The first-order valence-electron chi connectivity index (χ1n) is 9.06. The summed E-state index contributed by atoms with van der Waals surface area (Å²) >= 11 is 0. The van der Waals surface area contributed by atoms with Crippen LogP contribution in [0.1, 0.15) is 6.42 Å². The standard InChI is InChI=1S/C19H20N6O2/c1-24-8-14(7-20-24)12-2-3-17-13(4-12)5-18(23-22-17)21-19(26)10-25-9-16-6-15(25)11-27-16/h2-5,7-8,15-16H,6,9-11H2,1H3,(H,21,23,26)/t15-,16-/m1/s1. The number of aryl methyl sites for hydroxylation is 1. The fourth-order valence-electron chi connectivity index (χ4n) is 3.90. The number of hydrogen-bond acceptors (Lipinski definition) is 6. The Morgan fingerprint density at radius 2 is 2.22 bits per heavy atom. The number of carbonyl (C=O) groups is 1. The van der Waals surface area contributed by atoms with Crippen molar-refractivity contribution in [2.75, 3.05) is 25.0 Å². The number of amides is 1. The molecular formula is C19H20N6O2. The lowest BCUT2D eigenvalue weighted by molar-refractivity contribution is -0.118. The second kappa shape index (κ2) is 6.40. The molecule has 1 N–H and O–H groups in total. The van der Waals surface area contributed by atoms with Crippen LogP contribution in [0.25, 0.3) is 22.0 Å². The summed E-state index contributed by atoms with van der Waals surface area (Å²) in [6.45, 7) is 1.92. The second-order valence-electron chi connectivity index (χ2n) is 7.23. The van der Waals surface area contributed by atoms with Crippen LogP contribution in [-0.4, -0.2) is 62.6 Å². The summed E-state index contributed by atoms with van der Waals surface area (Å²) < 4.78 is 7.35. The lowest BCUT2D eigenvalue weighted by Gasteiger charge is -2.25. The Morgan fingerprint density at radius 3 is 2.96 bits per heavy atom. The zero-order chi connectivity index (χ0) is 18.4. The third kappa shape index (κ3) is 3.17. The predicted molar refractivity (Wildman–Crippen MR) is 100 cm³/mol. The van der Waals surface area contributed by atoms with Gasteiger partial charge in [0.05, 0.1) is 31.0 Å². The number of carbonyl (C=O) groups excluding carboxylic acids is 1. The number of anilines is 1. The number of likely N-dealkylation sites (tertiary alicyclic amines) is 1. The number of fused-ring (bicyclic) bond motifs is 3. The molecule has 138 valence electrons. The zero-order valence-corrected chi connectivity index (χ0v) is 15.0. The zero-order valence-electron chi connectivity index (χ0n) is 15.0. The molecule has 2 fully saturated rings. The molecule has 1 aromatic carbocycles. The van der Waals surface area contributed by atoms with Gasteiger partial charge in [0.25, 0.3) is 0 Å². The Morgan fingerprint density at radius 1 is 1.30 bits per heavy atom. The average molecular weight is 364 g/mol. The van der Waals surface area contributed by atoms with Gasteiger partial charge in [0, 0.05) is 36.8 Å². The highest BCUT2D eigenvalue weighted by atomic mass is 16.5. The lowest BCUT2D eigenvalue weighted by Crippen LogP contribution is -2.41. The first-order valence-corrected chi connectivity index (χ1v) is 9.06. The molecule has 27 heavy (non-hydrogen) atoms. The highest BCUT2D eigenvalue weighted by Gasteiger charge is 2.39. The fourth-order valence-corrected chi connectivity index (χ4v) is 3.90. The number of morpholine rings is 1. The van der Waals surface area contributed by atoms with Crippen LogP contribution in [-0.2, 0) is 16.6 Å². The van der Waals surface area contributed by atoms with Crippen LogP contribution < -0.4 is 5.32 Å². The quantitative estimate of drug-likeness (QED) is 0.754. The molecular weight excluding hydrogens is 344 g/mol. The Kier molecular flexibility index (Phi) is 3.87. The number of hydrogen-bond donors (Lipinski definition) is 1. The number of aromatic nitrogens is 4. The predicted octanol–water partition coefficient (Wildman–Crippen LogP) is 1.44. The van der Waals surface area contributed by atoms with E-state index in [0.717, 1.165) is 41.6 Å². The van der Waals surface area contributed by atoms with Crippen LogP contribution in [0, 0.1) is 0 Å². The molecule has 2 atom stereocenters. The first kappa shape index (κ1) is 16.3. The van der Waals surface area contributed by atoms with Crippen molar-refractivity contribution in [1.29, 1.82) is 0 Å². The maximum absolute atomic E-state index is 12.4. The maximum Gasteiger partial charge on any atom is 0.239 e. The van der Waals surface area contributed by atoms with Crippen molar-refractivity contribution in [3.05, 3.63) is 36.7 Å². The molecule has 2 bridgehead atoms. The molecule has 4 heterocycles. The number of benzene rings is 1. The van der Waals surface area contributed by atoms with E-state index in [1.54, 1.807) is 4.68 Å².